The number of amides is 1. The number of hydrogen-bond donors (Lipinski definition) is 0. The molecular formula is C17H24N2O3. The van der Waals surface area contributed by atoms with Gasteiger partial charge >= 0.3 is 0 Å². The van der Waals surface area contributed by atoms with Crippen molar-refractivity contribution in [1.82, 2.24) is 9.80 Å². The number of benzene rings is 1. The van der Waals surface area contributed by atoms with Crippen LogP contribution in [0.15, 0.2) is 18.2 Å². The van der Waals surface area contributed by atoms with Crippen LogP contribution in [0.25, 0.3) is 0 Å². The maximum atomic E-state index is 13.0. The number of nitrogens with zero attached hydrogens (tertiary/aromatic N) is 2. The van der Waals surface area contributed by atoms with Crippen LogP contribution in [0.4, 0.5) is 0 Å². The van der Waals surface area contributed by atoms with E-state index in [1.54, 1.807) is 7.11 Å². The van der Waals surface area contributed by atoms with Crippen molar-refractivity contribution in [2.75, 3.05) is 47.0 Å². The number of fused-ring (bicyclic) bond motifs is 3. The molecular weight excluding hydrogens is 280 g/mol. The fourth-order valence-electron chi connectivity index (χ4n) is 3.48. The van der Waals surface area contributed by atoms with Gasteiger partial charge < -0.3 is 19.3 Å². The Morgan fingerprint density at radius 2 is 2.09 bits per heavy atom. The number of aryl methyl sites for hydroxylation is 1. The molecule has 1 aromatic carbocycles. The van der Waals surface area contributed by atoms with Crippen molar-refractivity contribution in [2.24, 2.45) is 5.92 Å². The Morgan fingerprint density at radius 3 is 2.82 bits per heavy atom. The fourth-order valence-corrected chi connectivity index (χ4v) is 3.48. The van der Waals surface area contributed by atoms with E-state index < -0.39 is 0 Å². The Labute approximate surface area is 131 Å². The summed E-state index contributed by atoms with van der Waals surface area (Å²) in [7, 11) is 3.76. The first kappa shape index (κ1) is 15.3. The lowest BCUT2D eigenvalue weighted by molar-refractivity contribution is 0.0483. The van der Waals surface area contributed by atoms with Gasteiger partial charge in [0, 0.05) is 31.1 Å². The molecule has 2 atom stereocenters. The maximum absolute atomic E-state index is 13.0. The van der Waals surface area contributed by atoms with Gasteiger partial charge in [0.2, 0.25) is 0 Å². The van der Waals surface area contributed by atoms with Gasteiger partial charge in [-0.2, -0.15) is 0 Å². The first-order valence-electron chi connectivity index (χ1n) is 7.80. The molecule has 2 fully saturated rings. The first-order valence-corrected chi connectivity index (χ1v) is 7.80. The van der Waals surface area contributed by atoms with Gasteiger partial charge in [0.25, 0.3) is 5.91 Å². The van der Waals surface area contributed by atoms with E-state index in [1.165, 1.54) is 0 Å². The van der Waals surface area contributed by atoms with E-state index in [1.807, 2.05) is 30.0 Å². The molecule has 2 bridgehead atoms. The van der Waals surface area contributed by atoms with Crippen LogP contribution in [0.5, 0.6) is 5.75 Å². The fraction of sp³-hybridized carbons (Fsp3) is 0.588. The van der Waals surface area contributed by atoms with E-state index in [-0.39, 0.29) is 11.9 Å². The largest absolute Gasteiger partial charge is 0.497 e. The van der Waals surface area contributed by atoms with Crippen molar-refractivity contribution in [3.63, 3.8) is 0 Å². The van der Waals surface area contributed by atoms with Crippen LogP contribution < -0.4 is 4.74 Å². The van der Waals surface area contributed by atoms with Gasteiger partial charge in [-0.15, -0.1) is 0 Å². The second kappa shape index (κ2) is 6.26. The van der Waals surface area contributed by atoms with Gasteiger partial charge in [0.05, 0.1) is 26.4 Å². The van der Waals surface area contributed by atoms with Crippen molar-refractivity contribution in [2.45, 2.75) is 13.0 Å². The van der Waals surface area contributed by atoms with E-state index in [9.17, 15) is 4.79 Å². The summed E-state index contributed by atoms with van der Waals surface area (Å²) in [5.74, 6) is 1.28. The number of ether oxygens (including phenoxy) is 2. The molecule has 2 saturated heterocycles. The maximum Gasteiger partial charge on any atom is 0.254 e. The zero-order chi connectivity index (χ0) is 15.7. The summed E-state index contributed by atoms with van der Waals surface area (Å²) < 4.78 is 11.0. The zero-order valence-corrected chi connectivity index (χ0v) is 13.5. The second-order valence-electron chi connectivity index (χ2n) is 6.42. The normalized spacial score (nSPS) is 25.7. The summed E-state index contributed by atoms with van der Waals surface area (Å²) in [5, 5.41) is 0. The van der Waals surface area contributed by atoms with Crippen LogP contribution in [0.1, 0.15) is 15.9 Å². The molecule has 1 amide bonds. The molecule has 5 nitrogen and oxygen atoms in total. The Kier molecular flexibility index (Phi) is 4.36. The number of likely N-dealkylation sites (N-methyl/N-ethyl adjacent to an activating group) is 1. The van der Waals surface area contributed by atoms with Crippen molar-refractivity contribution >= 4 is 5.91 Å². The van der Waals surface area contributed by atoms with Crippen LogP contribution >= 0.6 is 0 Å². The highest BCUT2D eigenvalue weighted by Crippen LogP contribution is 2.24. The lowest BCUT2D eigenvalue weighted by Gasteiger charge is -2.30. The van der Waals surface area contributed by atoms with Gasteiger partial charge in [-0.05, 0) is 37.7 Å². The van der Waals surface area contributed by atoms with E-state index in [0.717, 1.165) is 43.1 Å². The Hall–Kier alpha value is -1.59. The standard InChI is InChI=1S/C17H24N2O3/c1-12-6-15(21-3)4-5-16(12)17(20)19-8-13-7-18(2)9-14(19)11-22-10-13/h4-6,13-14H,7-11H2,1-3H3/t13-,14-/m0/s1. The quantitative estimate of drug-likeness (QED) is 0.828. The first-order chi connectivity index (χ1) is 10.6. The van der Waals surface area contributed by atoms with Crippen LogP contribution in [-0.2, 0) is 4.74 Å². The third-order valence-electron chi connectivity index (χ3n) is 4.58. The minimum atomic E-state index is 0.107. The average Bonchev–Trinajstić information content (AvgIpc) is 2.76. The molecule has 0 aliphatic carbocycles. The average molecular weight is 304 g/mol. The number of carbonyl (C=O) groups excluding carboxylic acids is 1. The van der Waals surface area contributed by atoms with Gasteiger partial charge in [0.15, 0.2) is 0 Å². The molecule has 5 heteroatoms. The topological polar surface area (TPSA) is 42.0 Å². The van der Waals surface area contributed by atoms with Gasteiger partial charge in [-0.3, -0.25) is 4.79 Å². The highest BCUT2D eigenvalue weighted by molar-refractivity contribution is 5.96. The molecule has 2 heterocycles. The molecule has 2 aliphatic heterocycles. The summed E-state index contributed by atoms with van der Waals surface area (Å²) in [6.45, 7) is 5.97. The smallest absolute Gasteiger partial charge is 0.254 e. The minimum Gasteiger partial charge on any atom is -0.497 e. The molecule has 0 aromatic heterocycles. The predicted octanol–water partition coefficient (Wildman–Crippen LogP) is 1.41. The van der Waals surface area contributed by atoms with Crippen molar-refractivity contribution < 1.29 is 14.3 Å². The van der Waals surface area contributed by atoms with E-state index in [2.05, 4.69) is 11.9 Å². The minimum absolute atomic E-state index is 0.107. The summed E-state index contributed by atoms with van der Waals surface area (Å²) in [6, 6.07) is 5.77. The third-order valence-corrected chi connectivity index (χ3v) is 4.58. The molecule has 120 valence electrons. The van der Waals surface area contributed by atoms with Crippen molar-refractivity contribution in [3.05, 3.63) is 29.3 Å². The summed E-state index contributed by atoms with van der Waals surface area (Å²) >= 11 is 0. The molecule has 0 spiro atoms. The summed E-state index contributed by atoms with van der Waals surface area (Å²) in [6.07, 6.45) is 0. The zero-order valence-electron chi connectivity index (χ0n) is 13.5. The highest BCUT2D eigenvalue weighted by Gasteiger charge is 2.35. The van der Waals surface area contributed by atoms with Crippen molar-refractivity contribution in [1.29, 1.82) is 0 Å². The number of methoxy groups -OCH3 is 1. The van der Waals surface area contributed by atoms with E-state index >= 15 is 0 Å². The summed E-state index contributed by atoms with van der Waals surface area (Å²) in [4.78, 5) is 17.4. The number of rotatable bonds is 2. The molecule has 0 radical (unpaired) electrons. The van der Waals surface area contributed by atoms with Crippen molar-refractivity contribution in [3.8, 4) is 5.75 Å². The number of hydrogen-bond acceptors (Lipinski definition) is 4. The van der Waals surface area contributed by atoms with E-state index in [0.29, 0.717) is 12.5 Å². The second-order valence-corrected chi connectivity index (χ2v) is 6.42. The molecule has 1 aromatic rings. The predicted molar refractivity (Wildman–Crippen MR) is 84.4 cm³/mol. The Bertz CT molecular complexity index is 561. The van der Waals surface area contributed by atoms with Crippen LogP contribution in [0.3, 0.4) is 0 Å². The Morgan fingerprint density at radius 1 is 1.27 bits per heavy atom. The van der Waals surface area contributed by atoms with Gasteiger partial charge in [-0.1, -0.05) is 0 Å². The SMILES string of the molecule is COc1ccc(C(=O)N2C[C@H]3COC[C@@H]2CN(C)C3)c(C)c1. The third kappa shape index (κ3) is 2.96. The molecule has 0 unspecified atom stereocenters. The van der Waals surface area contributed by atoms with Gasteiger partial charge in [0.1, 0.15) is 5.75 Å². The monoisotopic (exact) mass is 304 g/mol. The van der Waals surface area contributed by atoms with E-state index in [4.69, 9.17) is 9.47 Å². The number of carbonyl (C=O) groups is 1. The lowest BCUT2D eigenvalue weighted by atomic mass is 10.1. The van der Waals surface area contributed by atoms with Crippen LogP contribution in [0.2, 0.25) is 0 Å². The molecule has 0 saturated carbocycles. The molecule has 0 N–H and O–H groups in total. The molecule has 3 rings (SSSR count). The summed E-state index contributed by atoms with van der Waals surface area (Å²) in [5.41, 5.74) is 1.72. The lowest BCUT2D eigenvalue weighted by Crippen LogP contribution is -2.46. The van der Waals surface area contributed by atoms with Gasteiger partial charge in [-0.25, -0.2) is 0 Å². The highest BCUT2D eigenvalue weighted by atomic mass is 16.5. The van der Waals surface area contributed by atoms with Crippen LogP contribution in [-0.4, -0.2) is 68.8 Å². The Balaban J connectivity index is 1.87. The molecule has 2 aliphatic rings. The van der Waals surface area contributed by atoms with Crippen LogP contribution in [0, 0.1) is 12.8 Å². The molecule has 22 heavy (non-hydrogen) atoms.